The smallest absolute Gasteiger partial charge is 0.433 e. The summed E-state index contributed by atoms with van der Waals surface area (Å²) in [4.78, 5) is 13.9. The molecule has 0 spiro atoms. The molecule has 0 bridgehead atoms. The van der Waals surface area contributed by atoms with Crippen molar-refractivity contribution in [2.24, 2.45) is 0 Å². The molecule has 0 aliphatic rings. The maximum atomic E-state index is 12.3. The minimum absolute atomic E-state index is 0.0768. The standard InChI is InChI=1S/C14H10F3NO2/c15-14(16,17)13-5-4-11(7-18-13)9-20-12-3-1-2-10(6-12)8-19/h1-8H,9H2. The zero-order valence-electron chi connectivity index (χ0n) is 10.2. The molecule has 3 nitrogen and oxygen atoms in total. The predicted molar refractivity (Wildman–Crippen MR) is 65.4 cm³/mol. The summed E-state index contributed by atoms with van der Waals surface area (Å²) < 4.78 is 42.4. The second-order valence-corrected chi connectivity index (χ2v) is 4.03. The zero-order valence-corrected chi connectivity index (χ0v) is 10.2. The molecule has 0 amide bonds. The average molecular weight is 281 g/mol. The molecule has 0 radical (unpaired) electrons. The Morgan fingerprint density at radius 2 is 2.00 bits per heavy atom. The molecule has 0 atom stereocenters. The number of carbonyl (C=O) groups excluding carboxylic acids is 1. The number of aldehydes is 1. The van der Waals surface area contributed by atoms with Crippen LogP contribution < -0.4 is 4.74 Å². The Morgan fingerprint density at radius 3 is 2.60 bits per heavy atom. The molecule has 0 saturated heterocycles. The molecule has 2 rings (SSSR count). The van der Waals surface area contributed by atoms with E-state index in [4.69, 9.17) is 4.74 Å². The summed E-state index contributed by atoms with van der Waals surface area (Å²) in [5.41, 5.74) is 0.0340. The van der Waals surface area contributed by atoms with Crippen molar-refractivity contribution in [1.29, 1.82) is 0 Å². The number of carbonyl (C=O) groups is 1. The van der Waals surface area contributed by atoms with Crippen molar-refractivity contribution in [2.75, 3.05) is 0 Å². The molecule has 20 heavy (non-hydrogen) atoms. The number of ether oxygens (including phenoxy) is 1. The largest absolute Gasteiger partial charge is 0.489 e. The van der Waals surface area contributed by atoms with Gasteiger partial charge in [0.2, 0.25) is 0 Å². The molecular weight excluding hydrogens is 271 g/mol. The van der Waals surface area contributed by atoms with Gasteiger partial charge in [0.15, 0.2) is 0 Å². The van der Waals surface area contributed by atoms with Gasteiger partial charge in [-0.3, -0.25) is 9.78 Å². The van der Waals surface area contributed by atoms with E-state index >= 15 is 0 Å². The molecule has 0 saturated carbocycles. The lowest BCUT2D eigenvalue weighted by Gasteiger charge is -2.08. The van der Waals surface area contributed by atoms with Crippen molar-refractivity contribution in [1.82, 2.24) is 4.98 Å². The number of rotatable bonds is 4. The first-order chi connectivity index (χ1) is 9.49. The summed E-state index contributed by atoms with van der Waals surface area (Å²) in [7, 11) is 0. The van der Waals surface area contributed by atoms with E-state index < -0.39 is 11.9 Å². The quantitative estimate of drug-likeness (QED) is 0.805. The lowest BCUT2D eigenvalue weighted by molar-refractivity contribution is -0.141. The normalized spacial score (nSPS) is 11.2. The number of nitrogens with zero attached hydrogens (tertiary/aromatic N) is 1. The Kier molecular flexibility index (Phi) is 4.02. The Labute approximate surface area is 113 Å². The van der Waals surface area contributed by atoms with Crippen LogP contribution in [-0.2, 0) is 12.8 Å². The average Bonchev–Trinajstić information content (AvgIpc) is 2.45. The molecule has 6 heteroatoms. The highest BCUT2D eigenvalue weighted by Gasteiger charge is 2.31. The molecule has 1 aromatic heterocycles. The monoisotopic (exact) mass is 281 g/mol. The highest BCUT2D eigenvalue weighted by atomic mass is 19.4. The Bertz CT molecular complexity index is 594. The van der Waals surface area contributed by atoms with Gasteiger partial charge in [-0.15, -0.1) is 0 Å². The number of pyridine rings is 1. The molecule has 1 aromatic carbocycles. The van der Waals surface area contributed by atoms with Crippen LogP contribution in [0.1, 0.15) is 21.6 Å². The van der Waals surface area contributed by atoms with Crippen molar-refractivity contribution in [3.63, 3.8) is 0 Å². The fourth-order valence-electron chi connectivity index (χ4n) is 1.52. The molecule has 0 aliphatic heterocycles. The molecular formula is C14H10F3NO2. The van der Waals surface area contributed by atoms with Gasteiger partial charge < -0.3 is 4.74 Å². The van der Waals surface area contributed by atoms with Gasteiger partial charge >= 0.3 is 6.18 Å². The lowest BCUT2D eigenvalue weighted by Crippen LogP contribution is -2.08. The second kappa shape index (κ2) is 5.73. The minimum Gasteiger partial charge on any atom is -0.489 e. The maximum Gasteiger partial charge on any atom is 0.433 e. The van der Waals surface area contributed by atoms with E-state index in [1.54, 1.807) is 24.3 Å². The highest BCUT2D eigenvalue weighted by Crippen LogP contribution is 2.27. The number of hydrogen-bond donors (Lipinski definition) is 0. The second-order valence-electron chi connectivity index (χ2n) is 4.03. The van der Waals surface area contributed by atoms with Gasteiger partial charge in [-0.2, -0.15) is 13.2 Å². The lowest BCUT2D eigenvalue weighted by atomic mass is 10.2. The van der Waals surface area contributed by atoms with Gasteiger partial charge in [0.05, 0.1) is 0 Å². The van der Waals surface area contributed by atoms with Crippen LogP contribution in [0.25, 0.3) is 0 Å². The maximum absolute atomic E-state index is 12.3. The fourth-order valence-corrected chi connectivity index (χ4v) is 1.52. The fraction of sp³-hybridized carbons (Fsp3) is 0.143. The van der Waals surface area contributed by atoms with Gasteiger partial charge in [0.1, 0.15) is 24.3 Å². The van der Waals surface area contributed by atoms with Gasteiger partial charge in [-0.25, -0.2) is 0 Å². The van der Waals surface area contributed by atoms with Crippen LogP contribution in [0.4, 0.5) is 13.2 Å². The van der Waals surface area contributed by atoms with E-state index in [2.05, 4.69) is 4.98 Å². The first-order valence-corrected chi connectivity index (χ1v) is 5.69. The van der Waals surface area contributed by atoms with E-state index in [0.717, 1.165) is 12.3 Å². The van der Waals surface area contributed by atoms with Crippen LogP contribution in [-0.4, -0.2) is 11.3 Å². The molecule has 0 aliphatic carbocycles. The van der Waals surface area contributed by atoms with Crippen LogP contribution in [0, 0.1) is 0 Å². The number of alkyl halides is 3. The molecule has 2 aromatic rings. The van der Waals surface area contributed by atoms with Crippen molar-refractivity contribution in [3.05, 3.63) is 59.4 Å². The van der Waals surface area contributed by atoms with Crippen molar-refractivity contribution in [2.45, 2.75) is 12.8 Å². The molecule has 0 fully saturated rings. The third kappa shape index (κ3) is 3.57. The summed E-state index contributed by atoms with van der Waals surface area (Å²) in [6.07, 6.45) is -2.64. The van der Waals surface area contributed by atoms with E-state index in [0.29, 0.717) is 23.2 Å². The van der Waals surface area contributed by atoms with Crippen LogP contribution in [0.2, 0.25) is 0 Å². The van der Waals surface area contributed by atoms with E-state index in [9.17, 15) is 18.0 Å². The third-order valence-corrected chi connectivity index (χ3v) is 2.51. The van der Waals surface area contributed by atoms with Crippen molar-refractivity contribution in [3.8, 4) is 5.75 Å². The summed E-state index contributed by atoms with van der Waals surface area (Å²) in [5, 5.41) is 0. The summed E-state index contributed by atoms with van der Waals surface area (Å²) in [6, 6.07) is 8.69. The topological polar surface area (TPSA) is 39.2 Å². The molecule has 104 valence electrons. The summed E-state index contributed by atoms with van der Waals surface area (Å²) >= 11 is 0. The van der Waals surface area contributed by atoms with Crippen LogP contribution >= 0.6 is 0 Å². The SMILES string of the molecule is O=Cc1cccc(OCc2ccc(C(F)(F)F)nc2)c1. The first kappa shape index (κ1) is 14.0. The first-order valence-electron chi connectivity index (χ1n) is 5.69. The molecule has 0 unspecified atom stereocenters. The minimum atomic E-state index is -4.45. The Hall–Kier alpha value is -2.37. The number of hydrogen-bond acceptors (Lipinski definition) is 3. The van der Waals surface area contributed by atoms with Crippen LogP contribution in [0.5, 0.6) is 5.75 Å². The molecule has 0 N–H and O–H groups in total. The Morgan fingerprint density at radius 1 is 1.20 bits per heavy atom. The number of halogens is 3. The summed E-state index contributed by atoms with van der Waals surface area (Å²) in [6.45, 7) is 0.0768. The third-order valence-electron chi connectivity index (χ3n) is 2.51. The predicted octanol–water partition coefficient (Wildman–Crippen LogP) is 3.49. The van der Waals surface area contributed by atoms with E-state index in [1.807, 2.05) is 0 Å². The van der Waals surface area contributed by atoms with E-state index in [1.165, 1.54) is 6.07 Å². The van der Waals surface area contributed by atoms with Gasteiger partial charge in [-0.05, 0) is 18.2 Å². The highest BCUT2D eigenvalue weighted by molar-refractivity contribution is 5.75. The van der Waals surface area contributed by atoms with Crippen LogP contribution in [0.3, 0.4) is 0 Å². The van der Waals surface area contributed by atoms with E-state index in [-0.39, 0.29) is 6.61 Å². The zero-order chi connectivity index (χ0) is 14.6. The van der Waals surface area contributed by atoms with Gasteiger partial charge in [0, 0.05) is 17.3 Å². The molecule has 1 heterocycles. The summed E-state index contributed by atoms with van der Waals surface area (Å²) in [5.74, 6) is 0.467. The van der Waals surface area contributed by atoms with Crippen molar-refractivity contribution >= 4 is 6.29 Å². The van der Waals surface area contributed by atoms with Gasteiger partial charge in [-0.1, -0.05) is 18.2 Å². The van der Waals surface area contributed by atoms with Crippen molar-refractivity contribution < 1.29 is 22.7 Å². The van der Waals surface area contributed by atoms with Gasteiger partial charge in [0.25, 0.3) is 0 Å². The Balaban J connectivity index is 2.02. The number of aromatic nitrogens is 1. The van der Waals surface area contributed by atoms with Crippen LogP contribution in [0.15, 0.2) is 42.6 Å². The number of benzene rings is 1.